The first-order valence-corrected chi connectivity index (χ1v) is 8.54. The summed E-state index contributed by atoms with van der Waals surface area (Å²) in [4.78, 5) is 28.3. The summed E-state index contributed by atoms with van der Waals surface area (Å²) >= 11 is 0. The van der Waals surface area contributed by atoms with Gasteiger partial charge in [-0.1, -0.05) is 6.07 Å². The Kier molecular flexibility index (Phi) is 8.89. The minimum absolute atomic E-state index is 0.222. The molecule has 0 unspecified atom stereocenters. The van der Waals surface area contributed by atoms with Crippen molar-refractivity contribution < 1.29 is 23.8 Å². The van der Waals surface area contributed by atoms with Gasteiger partial charge in [-0.3, -0.25) is 9.59 Å². The van der Waals surface area contributed by atoms with Crippen LogP contribution < -0.4 is 10.6 Å². The van der Waals surface area contributed by atoms with Gasteiger partial charge < -0.3 is 24.8 Å². The number of rotatable bonds is 0. The summed E-state index contributed by atoms with van der Waals surface area (Å²) in [6.45, 7) is 4.10. The molecule has 0 atom stereocenters. The van der Waals surface area contributed by atoms with Crippen LogP contribution >= 0.6 is 0 Å². The Morgan fingerprint density at radius 2 is 1.16 bits per heavy atom. The van der Waals surface area contributed by atoms with Crippen molar-refractivity contribution in [1.29, 1.82) is 0 Å². The Balaban J connectivity index is 1.90. The SMILES string of the molecule is O=C1NCCCOCCOCCOCCCNC(=O)c2cccc1n2. The van der Waals surface area contributed by atoms with E-state index in [9.17, 15) is 9.59 Å². The van der Waals surface area contributed by atoms with Gasteiger partial charge >= 0.3 is 0 Å². The highest BCUT2D eigenvalue weighted by Gasteiger charge is 2.11. The molecule has 1 aliphatic rings. The molecule has 2 N–H and O–H groups in total. The summed E-state index contributed by atoms with van der Waals surface area (Å²) in [5.41, 5.74) is 0.444. The predicted octanol–water partition coefficient (Wildman–Crippen LogP) is 0.385. The molecule has 1 aliphatic heterocycles. The quantitative estimate of drug-likeness (QED) is 0.701. The molecule has 0 fully saturated rings. The van der Waals surface area contributed by atoms with Gasteiger partial charge in [0.05, 0.1) is 26.4 Å². The van der Waals surface area contributed by atoms with Crippen LogP contribution in [0, 0.1) is 0 Å². The van der Waals surface area contributed by atoms with E-state index in [0.717, 1.165) is 0 Å². The van der Waals surface area contributed by atoms with Crippen molar-refractivity contribution in [2.24, 2.45) is 0 Å². The monoisotopic (exact) mass is 351 g/mol. The first-order valence-electron chi connectivity index (χ1n) is 8.54. The van der Waals surface area contributed by atoms with Gasteiger partial charge in [0.2, 0.25) is 0 Å². The van der Waals surface area contributed by atoms with Gasteiger partial charge in [-0.2, -0.15) is 0 Å². The van der Waals surface area contributed by atoms with Crippen molar-refractivity contribution in [3.8, 4) is 0 Å². The number of carbonyl (C=O) groups is 2. The van der Waals surface area contributed by atoms with Crippen LogP contribution in [0.25, 0.3) is 0 Å². The molecule has 0 saturated heterocycles. The molecule has 2 rings (SSSR count). The number of carbonyl (C=O) groups excluding carboxylic acids is 2. The molecule has 0 aromatic carbocycles. The van der Waals surface area contributed by atoms with Crippen LogP contribution in [0.15, 0.2) is 18.2 Å². The van der Waals surface area contributed by atoms with Crippen LogP contribution in [0.3, 0.4) is 0 Å². The van der Waals surface area contributed by atoms with E-state index in [0.29, 0.717) is 65.6 Å². The van der Waals surface area contributed by atoms with E-state index in [1.165, 1.54) is 0 Å². The molecule has 138 valence electrons. The van der Waals surface area contributed by atoms with Gasteiger partial charge in [-0.25, -0.2) is 4.98 Å². The Hall–Kier alpha value is -2.03. The Morgan fingerprint density at radius 3 is 1.64 bits per heavy atom. The number of hydrogen-bond acceptors (Lipinski definition) is 6. The lowest BCUT2D eigenvalue weighted by atomic mass is 10.2. The van der Waals surface area contributed by atoms with Crippen molar-refractivity contribution in [2.75, 3.05) is 52.7 Å². The lowest BCUT2D eigenvalue weighted by Crippen LogP contribution is -2.29. The van der Waals surface area contributed by atoms with Gasteiger partial charge in [0.1, 0.15) is 11.4 Å². The zero-order chi connectivity index (χ0) is 17.7. The Labute approximate surface area is 147 Å². The lowest BCUT2D eigenvalue weighted by molar-refractivity contribution is 0.0139. The maximum atomic E-state index is 12.1. The largest absolute Gasteiger partial charge is 0.379 e. The summed E-state index contributed by atoms with van der Waals surface area (Å²) in [5, 5.41) is 5.54. The first-order chi connectivity index (χ1) is 12.3. The van der Waals surface area contributed by atoms with Gasteiger partial charge in [0, 0.05) is 26.3 Å². The second-order valence-corrected chi connectivity index (χ2v) is 5.46. The van der Waals surface area contributed by atoms with E-state index in [1.807, 2.05) is 0 Å². The fourth-order valence-electron chi connectivity index (χ4n) is 2.16. The lowest BCUT2D eigenvalue weighted by Gasteiger charge is -2.09. The molecule has 0 saturated carbocycles. The van der Waals surface area contributed by atoms with Crippen LogP contribution in [0.2, 0.25) is 0 Å². The summed E-state index contributed by atoms with van der Waals surface area (Å²) in [7, 11) is 0. The number of hydrogen-bond donors (Lipinski definition) is 2. The number of ether oxygens (including phenoxy) is 3. The highest BCUT2D eigenvalue weighted by molar-refractivity contribution is 5.96. The third kappa shape index (κ3) is 7.59. The van der Waals surface area contributed by atoms with Gasteiger partial charge in [0.15, 0.2) is 0 Å². The third-order valence-corrected chi connectivity index (χ3v) is 3.46. The van der Waals surface area contributed by atoms with Crippen molar-refractivity contribution in [3.63, 3.8) is 0 Å². The van der Waals surface area contributed by atoms with Crippen molar-refractivity contribution in [3.05, 3.63) is 29.6 Å². The van der Waals surface area contributed by atoms with Gasteiger partial charge in [0.25, 0.3) is 11.8 Å². The van der Waals surface area contributed by atoms with Crippen LogP contribution in [-0.2, 0) is 14.2 Å². The molecule has 1 aromatic heterocycles. The maximum Gasteiger partial charge on any atom is 0.269 e. The number of fused-ring (bicyclic) bond motifs is 2. The molecular formula is C17H25N3O5. The maximum absolute atomic E-state index is 12.1. The smallest absolute Gasteiger partial charge is 0.269 e. The van der Waals surface area contributed by atoms with Gasteiger partial charge in [-0.15, -0.1) is 0 Å². The molecule has 25 heavy (non-hydrogen) atoms. The molecule has 0 aliphatic carbocycles. The second kappa shape index (κ2) is 11.5. The van der Waals surface area contributed by atoms with E-state index in [-0.39, 0.29) is 23.2 Å². The third-order valence-electron chi connectivity index (χ3n) is 3.46. The molecule has 1 aromatic rings. The molecule has 2 heterocycles. The average Bonchev–Trinajstić information content (AvgIpc) is 2.64. The first kappa shape index (κ1) is 19.3. The number of aromatic nitrogens is 1. The molecule has 8 nitrogen and oxygen atoms in total. The zero-order valence-corrected chi connectivity index (χ0v) is 14.3. The van der Waals surface area contributed by atoms with E-state index in [4.69, 9.17) is 14.2 Å². The Morgan fingerprint density at radius 1 is 0.720 bits per heavy atom. The minimum atomic E-state index is -0.305. The number of amides is 2. The van der Waals surface area contributed by atoms with Crippen molar-refractivity contribution >= 4 is 11.8 Å². The fraction of sp³-hybridized carbons (Fsp3) is 0.588. The highest BCUT2D eigenvalue weighted by Crippen LogP contribution is 2.00. The van der Waals surface area contributed by atoms with Crippen LogP contribution in [0.5, 0.6) is 0 Å². The fourth-order valence-corrected chi connectivity index (χ4v) is 2.16. The van der Waals surface area contributed by atoms with E-state index >= 15 is 0 Å². The molecule has 0 spiro atoms. The summed E-state index contributed by atoms with van der Waals surface area (Å²) in [5.74, 6) is -0.610. The number of nitrogens with one attached hydrogen (secondary N) is 2. The molecule has 0 radical (unpaired) electrons. The normalized spacial score (nSPS) is 19.5. The van der Waals surface area contributed by atoms with Crippen LogP contribution in [0.4, 0.5) is 0 Å². The molecule has 2 amide bonds. The number of nitrogens with zero attached hydrogens (tertiary/aromatic N) is 1. The van der Waals surface area contributed by atoms with Crippen LogP contribution in [0.1, 0.15) is 33.8 Å². The summed E-state index contributed by atoms with van der Waals surface area (Å²) in [6.07, 6.45) is 1.38. The highest BCUT2D eigenvalue weighted by atomic mass is 16.5. The van der Waals surface area contributed by atoms with E-state index in [1.54, 1.807) is 18.2 Å². The second-order valence-electron chi connectivity index (χ2n) is 5.46. The van der Waals surface area contributed by atoms with Crippen LogP contribution in [-0.4, -0.2) is 69.5 Å². The van der Waals surface area contributed by atoms with Crippen molar-refractivity contribution in [1.82, 2.24) is 15.6 Å². The standard InChI is InChI=1S/C17H25N3O5/c21-16-14-4-1-5-15(20-14)17(22)19-7-3-9-24-11-13-25-12-10-23-8-2-6-18-16/h1,4-5H,2-3,6-13H2,(H,18,21)(H,19,22). The van der Waals surface area contributed by atoms with Gasteiger partial charge in [-0.05, 0) is 25.0 Å². The van der Waals surface area contributed by atoms with Crippen molar-refractivity contribution in [2.45, 2.75) is 12.8 Å². The molecule has 8 heteroatoms. The number of pyridine rings is 1. The van der Waals surface area contributed by atoms with E-state index in [2.05, 4.69) is 15.6 Å². The molecule has 2 bridgehead atoms. The minimum Gasteiger partial charge on any atom is -0.379 e. The summed E-state index contributed by atoms with van der Waals surface area (Å²) in [6, 6.07) is 4.81. The predicted molar refractivity (Wildman–Crippen MR) is 90.6 cm³/mol. The molecular weight excluding hydrogens is 326 g/mol. The topological polar surface area (TPSA) is 98.8 Å². The summed E-state index contributed by atoms with van der Waals surface area (Å²) < 4.78 is 16.2. The Bertz CT molecular complexity index is 510. The van der Waals surface area contributed by atoms with E-state index < -0.39 is 0 Å². The average molecular weight is 351 g/mol. The zero-order valence-electron chi connectivity index (χ0n) is 14.3.